The van der Waals surface area contributed by atoms with Gasteiger partial charge in [0.2, 0.25) is 0 Å². The Morgan fingerprint density at radius 3 is 2.67 bits per heavy atom. The first-order valence-corrected chi connectivity index (χ1v) is 7.62. The third-order valence-corrected chi connectivity index (χ3v) is 3.18. The predicted molar refractivity (Wildman–Crippen MR) is 83.1 cm³/mol. The second-order valence-corrected chi connectivity index (χ2v) is 5.01. The van der Waals surface area contributed by atoms with E-state index in [1.807, 2.05) is 16.8 Å². The summed E-state index contributed by atoms with van der Waals surface area (Å²) in [6.07, 6.45) is 3.77. The second kappa shape index (κ2) is 8.42. The maximum atomic E-state index is 5.77. The van der Waals surface area contributed by atoms with E-state index in [9.17, 15) is 0 Å². The summed E-state index contributed by atoms with van der Waals surface area (Å²) in [6, 6.07) is 8.19. The van der Waals surface area contributed by atoms with E-state index in [-0.39, 0.29) is 0 Å². The van der Waals surface area contributed by atoms with Crippen LogP contribution in [0.4, 0.5) is 0 Å². The van der Waals surface area contributed by atoms with E-state index in [4.69, 9.17) is 4.74 Å². The van der Waals surface area contributed by atoms with Gasteiger partial charge in [-0.2, -0.15) is 5.10 Å². The van der Waals surface area contributed by atoms with Crippen LogP contribution >= 0.6 is 0 Å². The van der Waals surface area contributed by atoms with Gasteiger partial charge in [0.15, 0.2) is 5.82 Å². The van der Waals surface area contributed by atoms with Crippen molar-refractivity contribution in [2.24, 2.45) is 0 Å². The maximum absolute atomic E-state index is 5.77. The molecule has 0 bridgehead atoms. The molecule has 0 atom stereocenters. The summed E-state index contributed by atoms with van der Waals surface area (Å²) in [4.78, 5) is 4.23. The third kappa shape index (κ3) is 4.86. The van der Waals surface area contributed by atoms with Gasteiger partial charge in [0.05, 0.1) is 0 Å². The highest BCUT2D eigenvalue weighted by molar-refractivity contribution is 5.27. The smallest absolute Gasteiger partial charge is 0.164 e. The number of benzene rings is 1. The quantitative estimate of drug-likeness (QED) is 0.721. The highest BCUT2D eigenvalue weighted by Crippen LogP contribution is 2.13. The minimum atomic E-state index is 0.452. The molecule has 0 radical (unpaired) electrons. The summed E-state index contributed by atoms with van der Waals surface area (Å²) < 4.78 is 7.67. The molecule has 21 heavy (non-hydrogen) atoms. The van der Waals surface area contributed by atoms with Crippen LogP contribution in [-0.2, 0) is 19.7 Å². The van der Waals surface area contributed by atoms with Crippen molar-refractivity contribution in [3.8, 4) is 5.75 Å². The van der Waals surface area contributed by atoms with E-state index in [1.54, 1.807) is 6.33 Å². The van der Waals surface area contributed by atoms with E-state index in [0.717, 1.165) is 44.0 Å². The first kappa shape index (κ1) is 15.5. The van der Waals surface area contributed by atoms with E-state index in [1.165, 1.54) is 5.56 Å². The summed E-state index contributed by atoms with van der Waals surface area (Å²) in [6.45, 7) is 7.57. The van der Waals surface area contributed by atoms with Gasteiger partial charge >= 0.3 is 0 Å². The van der Waals surface area contributed by atoms with Gasteiger partial charge in [-0.15, -0.1) is 0 Å². The predicted octanol–water partition coefficient (Wildman–Crippen LogP) is 2.77. The topological polar surface area (TPSA) is 52.0 Å². The van der Waals surface area contributed by atoms with Gasteiger partial charge in [-0.05, 0) is 37.1 Å². The fourth-order valence-corrected chi connectivity index (χ4v) is 2.06. The van der Waals surface area contributed by atoms with Crippen molar-refractivity contribution in [3.05, 3.63) is 42.0 Å². The van der Waals surface area contributed by atoms with Crippen molar-refractivity contribution < 1.29 is 4.74 Å². The lowest BCUT2D eigenvalue weighted by Gasteiger charge is -2.08. The van der Waals surface area contributed by atoms with E-state index < -0.39 is 0 Å². The van der Waals surface area contributed by atoms with Crippen molar-refractivity contribution >= 4 is 0 Å². The van der Waals surface area contributed by atoms with E-state index in [2.05, 4.69) is 41.4 Å². The van der Waals surface area contributed by atoms with Crippen molar-refractivity contribution in [2.45, 2.75) is 46.4 Å². The van der Waals surface area contributed by atoms with Gasteiger partial charge in [0, 0.05) is 13.1 Å². The van der Waals surface area contributed by atoms with Crippen LogP contribution in [0.1, 0.15) is 38.1 Å². The molecule has 0 unspecified atom stereocenters. The molecular formula is C16H24N4O. The number of hydrogen-bond acceptors (Lipinski definition) is 4. The molecule has 0 saturated heterocycles. The first-order valence-electron chi connectivity index (χ1n) is 7.62. The Kier molecular flexibility index (Phi) is 6.22. The van der Waals surface area contributed by atoms with E-state index >= 15 is 0 Å². The molecule has 0 aliphatic carbocycles. The zero-order valence-electron chi connectivity index (χ0n) is 12.9. The molecule has 2 rings (SSSR count). The summed E-state index contributed by atoms with van der Waals surface area (Å²) in [5.41, 5.74) is 1.27. The number of aryl methyl sites for hydroxylation is 1. The van der Waals surface area contributed by atoms with Crippen LogP contribution in [-0.4, -0.2) is 21.3 Å². The molecule has 0 amide bonds. The summed E-state index contributed by atoms with van der Waals surface area (Å²) in [7, 11) is 0. The fraction of sp³-hybridized carbons (Fsp3) is 0.500. The minimum absolute atomic E-state index is 0.452. The van der Waals surface area contributed by atoms with Crippen molar-refractivity contribution in [3.63, 3.8) is 0 Å². The lowest BCUT2D eigenvalue weighted by molar-refractivity contribution is 0.286. The molecule has 0 saturated carbocycles. The van der Waals surface area contributed by atoms with Gasteiger partial charge in [-0.3, -0.25) is 0 Å². The number of hydrogen-bond donors (Lipinski definition) is 1. The Labute approximate surface area is 126 Å². The van der Waals surface area contributed by atoms with Gasteiger partial charge in [0.25, 0.3) is 0 Å². The summed E-state index contributed by atoms with van der Waals surface area (Å²) in [5, 5.41) is 7.58. The zero-order valence-corrected chi connectivity index (χ0v) is 12.9. The molecule has 0 aliphatic rings. The van der Waals surface area contributed by atoms with Crippen molar-refractivity contribution in [2.75, 3.05) is 6.54 Å². The zero-order chi connectivity index (χ0) is 14.9. The Balaban J connectivity index is 1.84. The molecule has 0 fully saturated rings. The summed E-state index contributed by atoms with van der Waals surface area (Å²) in [5.74, 6) is 1.73. The molecular weight excluding hydrogens is 264 g/mol. The Morgan fingerprint density at radius 1 is 1.14 bits per heavy atom. The first-order chi connectivity index (χ1) is 10.3. The number of aromatic nitrogens is 3. The molecule has 1 heterocycles. The SMILES string of the molecule is CCCNCc1ccc(OCc2ncnn2CCC)cc1. The average Bonchev–Trinajstić information content (AvgIpc) is 2.94. The van der Waals surface area contributed by atoms with Crippen molar-refractivity contribution in [1.29, 1.82) is 0 Å². The molecule has 1 N–H and O–H groups in total. The van der Waals surface area contributed by atoms with Crippen LogP contribution in [0, 0.1) is 0 Å². The molecule has 5 nitrogen and oxygen atoms in total. The number of nitrogens with zero attached hydrogens (tertiary/aromatic N) is 3. The lowest BCUT2D eigenvalue weighted by Crippen LogP contribution is -2.13. The number of nitrogens with one attached hydrogen (secondary N) is 1. The molecule has 1 aromatic carbocycles. The van der Waals surface area contributed by atoms with Gasteiger partial charge < -0.3 is 10.1 Å². The van der Waals surface area contributed by atoms with Crippen LogP contribution in [0.15, 0.2) is 30.6 Å². The van der Waals surface area contributed by atoms with E-state index in [0.29, 0.717) is 6.61 Å². The van der Waals surface area contributed by atoms with Crippen molar-refractivity contribution in [1.82, 2.24) is 20.1 Å². The largest absolute Gasteiger partial charge is 0.486 e. The van der Waals surface area contributed by atoms with Gasteiger partial charge in [0.1, 0.15) is 18.7 Å². The molecule has 0 spiro atoms. The van der Waals surface area contributed by atoms with Crippen LogP contribution in [0.5, 0.6) is 5.75 Å². The monoisotopic (exact) mass is 288 g/mol. The van der Waals surface area contributed by atoms with Gasteiger partial charge in [-0.25, -0.2) is 9.67 Å². The normalized spacial score (nSPS) is 10.8. The van der Waals surface area contributed by atoms with Crippen LogP contribution in [0.2, 0.25) is 0 Å². The maximum Gasteiger partial charge on any atom is 0.164 e. The molecule has 114 valence electrons. The number of ether oxygens (including phenoxy) is 1. The Hall–Kier alpha value is -1.88. The van der Waals surface area contributed by atoms with Gasteiger partial charge in [-0.1, -0.05) is 26.0 Å². The average molecular weight is 288 g/mol. The Morgan fingerprint density at radius 2 is 1.95 bits per heavy atom. The van der Waals surface area contributed by atoms with Crippen LogP contribution < -0.4 is 10.1 Å². The molecule has 1 aromatic heterocycles. The molecule has 5 heteroatoms. The standard InChI is InChI=1S/C16H24N4O/c1-3-9-17-11-14-5-7-15(8-6-14)21-12-16-18-13-19-20(16)10-4-2/h5-8,13,17H,3-4,9-12H2,1-2H3. The minimum Gasteiger partial charge on any atom is -0.486 e. The molecule has 0 aliphatic heterocycles. The summed E-state index contributed by atoms with van der Waals surface area (Å²) >= 11 is 0. The second-order valence-electron chi connectivity index (χ2n) is 5.01. The molecule has 2 aromatic rings. The highest BCUT2D eigenvalue weighted by Gasteiger charge is 2.04. The Bertz CT molecular complexity index is 521. The van der Waals surface area contributed by atoms with Crippen LogP contribution in [0.25, 0.3) is 0 Å². The lowest BCUT2D eigenvalue weighted by atomic mass is 10.2. The fourth-order valence-electron chi connectivity index (χ4n) is 2.06. The highest BCUT2D eigenvalue weighted by atomic mass is 16.5. The number of rotatable bonds is 9. The third-order valence-electron chi connectivity index (χ3n) is 3.18. The van der Waals surface area contributed by atoms with Crippen LogP contribution in [0.3, 0.4) is 0 Å².